The molecule has 0 nitrogen and oxygen atoms in total. The van der Waals surface area contributed by atoms with Crippen LogP contribution in [0.4, 0.5) is 0 Å². The SMILES string of the molecule is CSC1=CCc2cc(Br)ccc21. The fourth-order valence-electron chi connectivity index (χ4n) is 1.48. The van der Waals surface area contributed by atoms with Gasteiger partial charge in [0, 0.05) is 9.38 Å². The molecule has 0 fully saturated rings. The molecule has 0 aliphatic heterocycles. The van der Waals surface area contributed by atoms with E-state index < -0.39 is 0 Å². The Kier molecular flexibility index (Phi) is 2.28. The molecule has 1 aromatic rings. The molecule has 1 aliphatic rings. The Bertz CT molecular complexity index is 342. The maximum atomic E-state index is 3.48. The average molecular weight is 241 g/mol. The molecule has 0 bridgehead atoms. The van der Waals surface area contributed by atoms with Crippen LogP contribution in [0.3, 0.4) is 0 Å². The van der Waals surface area contributed by atoms with Crippen molar-refractivity contribution in [3.63, 3.8) is 0 Å². The van der Waals surface area contributed by atoms with Crippen molar-refractivity contribution in [2.75, 3.05) is 6.26 Å². The van der Waals surface area contributed by atoms with Crippen LogP contribution in [0.1, 0.15) is 11.1 Å². The van der Waals surface area contributed by atoms with Crippen LogP contribution in [0.2, 0.25) is 0 Å². The molecule has 2 rings (SSSR count). The van der Waals surface area contributed by atoms with Gasteiger partial charge in [0.05, 0.1) is 0 Å². The van der Waals surface area contributed by atoms with Crippen LogP contribution in [0.5, 0.6) is 0 Å². The Morgan fingerprint density at radius 1 is 1.42 bits per heavy atom. The Morgan fingerprint density at radius 3 is 3.00 bits per heavy atom. The molecular weight excluding hydrogens is 232 g/mol. The zero-order valence-corrected chi connectivity index (χ0v) is 9.21. The first-order valence-electron chi connectivity index (χ1n) is 3.84. The van der Waals surface area contributed by atoms with E-state index in [1.54, 1.807) is 0 Å². The van der Waals surface area contributed by atoms with Crippen molar-refractivity contribution in [2.24, 2.45) is 0 Å². The minimum absolute atomic E-state index is 1.09. The number of hydrogen-bond acceptors (Lipinski definition) is 1. The summed E-state index contributed by atoms with van der Waals surface area (Å²) in [4.78, 5) is 1.41. The molecule has 0 saturated carbocycles. The van der Waals surface area contributed by atoms with E-state index in [0.717, 1.165) is 6.42 Å². The Balaban J connectivity index is 2.47. The third-order valence-electron chi connectivity index (χ3n) is 2.06. The Labute approximate surface area is 85.2 Å². The van der Waals surface area contributed by atoms with Crippen molar-refractivity contribution in [2.45, 2.75) is 6.42 Å². The second-order valence-electron chi connectivity index (χ2n) is 2.78. The smallest absolute Gasteiger partial charge is 0.0178 e. The molecule has 0 spiro atoms. The summed E-state index contributed by atoms with van der Waals surface area (Å²) in [5, 5.41) is 0. The quantitative estimate of drug-likeness (QED) is 0.722. The van der Waals surface area contributed by atoms with Crippen LogP contribution in [0.25, 0.3) is 4.91 Å². The number of hydrogen-bond donors (Lipinski definition) is 0. The third kappa shape index (κ3) is 1.34. The van der Waals surface area contributed by atoms with Gasteiger partial charge in [-0.3, -0.25) is 0 Å². The molecule has 0 radical (unpaired) electrons. The predicted molar refractivity (Wildman–Crippen MR) is 59.3 cm³/mol. The zero-order chi connectivity index (χ0) is 8.55. The number of fused-ring (bicyclic) bond motifs is 1. The van der Waals surface area contributed by atoms with Gasteiger partial charge >= 0.3 is 0 Å². The lowest BCUT2D eigenvalue weighted by atomic mass is 10.1. The lowest BCUT2D eigenvalue weighted by Gasteiger charge is -2.02. The summed E-state index contributed by atoms with van der Waals surface area (Å²) < 4.78 is 1.18. The van der Waals surface area contributed by atoms with Gasteiger partial charge in [0.1, 0.15) is 0 Å². The molecule has 0 atom stereocenters. The Morgan fingerprint density at radius 2 is 2.25 bits per heavy atom. The van der Waals surface area contributed by atoms with Crippen molar-refractivity contribution in [3.05, 3.63) is 39.9 Å². The van der Waals surface area contributed by atoms with E-state index in [0.29, 0.717) is 0 Å². The maximum Gasteiger partial charge on any atom is 0.0178 e. The monoisotopic (exact) mass is 240 g/mol. The minimum Gasteiger partial charge on any atom is -0.129 e. The van der Waals surface area contributed by atoms with Crippen LogP contribution in [-0.2, 0) is 6.42 Å². The highest BCUT2D eigenvalue weighted by atomic mass is 79.9. The van der Waals surface area contributed by atoms with E-state index in [-0.39, 0.29) is 0 Å². The molecular formula is C10H9BrS. The highest BCUT2D eigenvalue weighted by molar-refractivity contribution is 9.10. The van der Waals surface area contributed by atoms with Crippen molar-refractivity contribution in [3.8, 4) is 0 Å². The number of rotatable bonds is 1. The number of allylic oxidation sites excluding steroid dienone is 1. The molecule has 12 heavy (non-hydrogen) atoms. The zero-order valence-electron chi connectivity index (χ0n) is 6.80. The van der Waals surface area contributed by atoms with E-state index in [1.807, 2.05) is 11.8 Å². The van der Waals surface area contributed by atoms with Crippen LogP contribution in [-0.4, -0.2) is 6.26 Å². The van der Waals surface area contributed by atoms with Gasteiger partial charge in [-0.1, -0.05) is 28.1 Å². The second kappa shape index (κ2) is 3.27. The first kappa shape index (κ1) is 8.39. The van der Waals surface area contributed by atoms with Crippen molar-refractivity contribution in [1.82, 2.24) is 0 Å². The molecule has 0 N–H and O–H groups in total. The van der Waals surface area contributed by atoms with Gasteiger partial charge in [-0.2, -0.15) is 0 Å². The Hall–Kier alpha value is -0.210. The first-order chi connectivity index (χ1) is 5.81. The van der Waals surface area contributed by atoms with E-state index in [4.69, 9.17) is 0 Å². The molecule has 0 aromatic heterocycles. The van der Waals surface area contributed by atoms with Crippen LogP contribution < -0.4 is 0 Å². The summed E-state index contributed by atoms with van der Waals surface area (Å²) in [6, 6.07) is 6.50. The molecule has 2 heteroatoms. The molecule has 0 unspecified atom stereocenters. The van der Waals surface area contributed by atoms with Crippen molar-refractivity contribution < 1.29 is 0 Å². The number of halogens is 1. The van der Waals surface area contributed by atoms with Gasteiger partial charge < -0.3 is 0 Å². The second-order valence-corrected chi connectivity index (χ2v) is 4.54. The van der Waals surface area contributed by atoms with Gasteiger partial charge in [0.2, 0.25) is 0 Å². The lowest BCUT2D eigenvalue weighted by Crippen LogP contribution is -1.81. The first-order valence-corrected chi connectivity index (χ1v) is 5.86. The van der Waals surface area contributed by atoms with E-state index in [2.05, 4.69) is 46.5 Å². The molecule has 1 aliphatic carbocycles. The molecule has 1 aromatic carbocycles. The van der Waals surface area contributed by atoms with Gasteiger partial charge in [0.25, 0.3) is 0 Å². The largest absolute Gasteiger partial charge is 0.129 e. The molecule has 0 amide bonds. The number of thioether (sulfide) groups is 1. The van der Waals surface area contributed by atoms with Gasteiger partial charge in [-0.25, -0.2) is 0 Å². The molecule has 62 valence electrons. The van der Waals surface area contributed by atoms with Crippen molar-refractivity contribution in [1.29, 1.82) is 0 Å². The highest BCUT2D eigenvalue weighted by Crippen LogP contribution is 2.35. The molecule has 0 heterocycles. The summed E-state index contributed by atoms with van der Waals surface area (Å²) in [5.41, 5.74) is 2.85. The lowest BCUT2D eigenvalue weighted by molar-refractivity contribution is 1.30. The summed E-state index contributed by atoms with van der Waals surface area (Å²) in [7, 11) is 0. The molecule has 0 saturated heterocycles. The summed E-state index contributed by atoms with van der Waals surface area (Å²) >= 11 is 5.30. The number of benzene rings is 1. The summed E-state index contributed by atoms with van der Waals surface area (Å²) in [6.45, 7) is 0. The van der Waals surface area contributed by atoms with E-state index in [9.17, 15) is 0 Å². The fourth-order valence-corrected chi connectivity index (χ4v) is 2.55. The predicted octanol–water partition coefficient (Wildman–Crippen LogP) is 3.71. The van der Waals surface area contributed by atoms with Gasteiger partial charge in [0.15, 0.2) is 0 Å². The standard InChI is InChI=1S/C10H9BrS/c1-12-10-5-2-7-6-8(11)3-4-9(7)10/h3-6H,2H2,1H3. The average Bonchev–Trinajstić information content (AvgIpc) is 2.46. The van der Waals surface area contributed by atoms with E-state index >= 15 is 0 Å². The maximum absolute atomic E-state index is 3.48. The topological polar surface area (TPSA) is 0 Å². The van der Waals surface area contributed by atoms with Crippen molar-refractivity contribution >= 4 is 32.6 Å². The summed E-state index contributed by atoms with van der Waals surface area (Å²) in [6.07, 6.45) is 5.51. The van der Waals surface area contributed by atoms with Crippen LogP contribution in [0.15, 0.2) is 28.7 Å². The van der Waals surface area contributed by atoms with Crippen LogP contribution >= 0.6 is 27.7 Å². The van der Waals surface area contributed by atoms with Gasteiger partial charge in [-0.15, -0.1) is 11.8 Å². The normalized spacial score (nSPS) is 14.3. The summed E-state index contributed by atoms with van der Waals surface area (Å²) in [5.74, 6) is 0. The van der Waals surface area contributed by atoms with Crippen LogP contribution in [0, 0.1) is 0 Å². The third-order valence-corrected chi connectivity index (χ3v) is 3.38. The fraction of sp³-hybridized carbons (Fsp3) is 0.200. The highest BCUT2D eigenvalue weighted by Gasteiger charge is 2.12. The van der Waals surface area contributed by atoms with Gasteiger partial charge in [-0.05, 0) is 35.9 Å². The van der Waals surface area contributed by atoms with E-state index in [1.165, 1.54) is 20.5 Å². The minimum atomic E-state index is 1.09.